The van der Waals surface area contributed by atoms with E-state index < -0.39 is 4.92 Å². The van der Waals surface area contributed by atoms with Gasteiger partial charge in [-0.05, 0) is 6.92 Å². The maximum atomic E-state index is 10.5. The van der Waals surface area contributed by atoms with E-state index in [2.05, 4.69) is 16.2 Å². The van der Waals surface area contributed by atoms with Gasteiger partial charge < -0.3 is 5.32 Å². The number of pyridine rings is 1. The van der Waals surface area contributed by atoms with Gasteiger partial charge in [0.25, 0.3) is 5.69 Å². The summed E-state index contributed by atoms with van der Waals surface area (Å²) in [5.74, 6) is 2.71. The van der Waals surface area contributed by atoms with E-state index in [1.807, 2.05) is 0 Å². The molecule has 0 aromatic carbocycles. The van der Waals surface area contributed by atoms with Crippen molar-refractivity contribution in [1.82, 2.24) is 4.98 Å². The fourth-order valence-electron chi connectivity index (χ4n) is 0.926. The van der Waals surface area contributed by atoms with Crippen LogP contribution in [-0.2, 0) is 0 Å². The van der Waals surface area contributed by atoms with Gasteiger partial charge in [-0.15, -0.1) is 6.42 Å². The number of terminal acetylenes is 1. The molecule has 1 heterocycles. The summed E-state index contributed by atoms with van der Waals surface area (Å²) in [5.41, 5.74) is -0.123. The Morgan fingerprint density at radius 2 is 2.40 bits per heavy atom. The van der Waals surface area contributed by atoms with E-state index in [1.54, 1.807) is 6.92 Å². The van der Waals surface area contributed by atoms with Gasteiger partial charge in [0, 0.05) is 0 Å². The lowest BCUT2D eigenvalue weighted by Crippen LogP contribution is -2.13. The molecule has 0 radical (unpaired) electrons. The molecular weight excluding hydrogens is 218 g/mol. The second-order valence-corrected chi connectivity index (χ2v) is 3.21. The molecule has 1 aromatic heterocycles. The molecule has 0 saturated carbocycles. The first-order valence-electron chi connectivity index (χ1n) is 4.07. The fourth-order valence-corrected chi connectivity index (χ4v) is 1.13. The number of nitrogens with one attached hydrogen (secondary N) is 1. The average molecular weight is 226 g/mol. The summed E-state index contributed by atoms with van der Waals surface area (Å²) in [6.07, 6.45) is 5.15. The number of anilines is 1. The van der Waals surface area contributed by atoms with Gasteiger partial charge in [0.05, 0.1) is 23.1 Å². The lowest BCUT2D eigenvalue weighted by Gasteiger charge is -2.07. The van der Waals surface area contributed by atoms with E-state index in [0.29, 0.717) is 5.82 Å². The van der Waals surface area contributed by atoms with Crippen molar-refractivity contribution in [3.05, 3.63) is 27.4 Å². The highest BCUT2D eigenvalue weighted by Gasteiger charge is 2.10. The van der Waals surface area contributed by atoms with Crippen LogP contribution < -0.4 is 5.32 Å². The topological polar surface area (TPSA) is 68.1 Å². The predicted molar refractivity (Wildman–Crippen MR) is 57.8 cm³/mol. The molecule has 0 aliphatic carbocycles. The quantitative estimate of drug-likeness (QED) is 0.370. The first-order chi connectivity index (χ1) is 7.02. The lowest BCUT2D eigenvalue weighted by molar-refractivity contribution is -0.384. The molecule has 15 heavy (non-hydrogen) atoms. The van der Waals surface area contributed by atoms with Crippen molar-refractivity contribution < 1.29 is 4.92 Å². The van der Waals surface area contributed by atoms with Crippen LogP contribution in [-0.4, -0.2) is 15.9 Å². The van der Waals surface area contributed by atoms with Crippen LogP contribution in [0.4, 0.5) is 11.5 Å². The summed E-state index contributed by atoms with van der Waals surface area (Å²) in [6.45, 7) is 1.73. The molecule has 1 atom stereocenters. The van der Waals surface area contributed by atoms with Crippen molar-refractivity contribution in [2.75, 3.05) is 5.32 Å². The van der Waals surface area contributed by atoms with Gasteiger partial charge in [-0.2, -0.15) is 0 Å². The van der Waals surface area contributed by atoms with Crippen molar-refractivity contribution >= 4 is 23.1 Å². The normalized spacial score (nSPS) is 11.5. The molecule has 0 saturated heterocycles. The van der Waals surface area contributed by atoms with Gasteiger partial charge in [-0.3, -0.25) is 10.1 Å². The van der Waals surface area contributed by atoms with E-state index in [4.69, 9.17) is 18.0 Å². The SMILES string of the molecule is C#CC(C)Nc1cc([N+](=O)[O-])cc(Cl)n1. The van der Waals surface area contributed by atoms with Crippen LogP contribution in [0.5, 0.6) is 0 Å². The molecular formula is C9H8ClN3O2. The van der Waals surface area contributed by atoms with Crippen LogP contribution in [0.2, 0.25) is 5.15 Å². The summed E-state index contributed by atoms with van der Waals surface area (Å²) >= 11 is 5.61. The summed E-state index contributed by atoms with van der Waals surface area (Å²) in [6, 6.07) is 2.18. The fraction of sp³-hybridized carbons (Fsp3) is 0.222. The zero-order chi connectivity index (χ0) is 11.4. The number of nitro groups is 1. The summed E-state index contributed by atoms with van der Waals surface area (Å²) in [4.78, 5) is 13.8. The van der Waals surface area contributed by atoms with Crippen LogP contribution in [0.25, 0.3) is 0 Å². The second-order valence-electron chi connectivity index (χ2n) is 2.82. The molecule has 1 unspecified atom stereocenters. The van der Waals surface area contributed by atoms with Crippen molar-refractivity contribution in [1.29, 1.82) is 0 Å². The molecule has 0 bridgehead atoms. The number of rotatable bonds is 3. The molecule has 0 fully saturated rings. The van der Waals surface area contributed by atoms with Crippen LogP contribution in [0.15, 0.2) is 12.1 Å². The van der Waals surface area contributed by atoms with Crippen LogP contribution in [0.3, 0.4) is 0 Å². The largest absolute Gasteiger partial charge is 0.356 e. The molecule has 1 rings (SSSR count). The molecule has 0 aliphatic heterocycles. The van der Waals surface area contributed by atoms with Crippen molar-refractivity contribution in [3.63, 3.8) is 0 Å². The van der Waals surface area contributed by atoms with Crippen molar-refractivity contribution in [2.24, 2.45) is 0 Å². The summed E-state index contributed by atoms with van der Waals surface area (Å²) < 4.78 is 0. The first-order valence-corrected chi connectivity index (χ1v) is 4.45. The van der Waals surface area contributed by atoms with Gasteiger partial charge in [-0.1, -0.05) is 17.5 Å². The summed E-state index contributed by atoms with van der Waals surface area (Å²) in [5, 5.41) is 13.4. The standard InChI is InChI=1S/C9H8ClN3O2/c1-3-6(2)11-9-5-7(13(14)15)4-8(10)12-9/h1,4-6H,2H3,(H,11,12). The molecule has 78 valence electrons. The highest BCUT2D eigenvalue weighted by Crippen LogP contribution is 2.20. The van der Waals surface area contributed by atoms with Gasteiger partial charge in [0.1, 0.15) is 11.0 Å². The zero-order valence-corrected chi connectivity index (χ0v) is 8.65. The van der Waals surface area contributed by atoms with E-state index in [9.17, 15) is 10.1 Å². The third kappa shape index (κ3) is 3.11. The maximum absolute atomic E-state index is 10.5. The minimum Gasteiger partial charge on any atom is -0.356 e. The lowest BCUT2D eigenvalue weighted by atomic mass is 10.3. The minimum atomic E-state index is -0.542. The Balaban J connectivity index is 3.00. The van der Waals surface area contributed by atoms with Crippen molar-refractivity contribution in [3.8, 4) is 12.3 Å². The maximum Gasteiger partial charge on any atom is 0.276 e. The molecule has 1 N–H and O–H groups in total. The minimum absolute atomic E-state index is 0.0518. The number of aromatic nitrogens is 1. The highest BCUT2D eigenvalue weighted by molar-refractivity contribution is 6.29. The molecule has 0 spiro atoms. The zero-order valence-electron chi connectivity index (χ0n) is 7.90. The Morgan fingerprint density at radius 1 is 1.73 bits per heavy atom. The van der Waals surface area contributed by atoms with Crippen LogP contribution >= 0.6 is 11.6 Å². The van der Waals surface area contributed by atoms with E-state index in [-0.39, 0.29) is 16.9 Å². The smallest absolute Gasteiger partial charge is 0.276 e. The average Bonchev–Trinajstić information content (AvgIpc) is 2.16. The van der Waals surface area contributed by atoms with E-state index >= 15 is 0 Å². The van der Waals surface area contributed by atoms with Gasteiger partial charge in [0.2, 0.25) is 0 Å². The van der Waals surface area contributed by atoms with Crippen molar-refractivity contribution in [2.45, 2.75) is 13.0 Å². The van der Waals surface area contributed by atoms with Gasteiger partial charge >= 0.3 is 0 Å². The van der Waals surface area contributed by atoms with Crippen LogP contribution in [0, 0.1) is 22.5 Å². The molecule has 6 heteroatoms. The monoisotopic (exact) mass is 225 g/mol. The molecule has 0 aliphatic rings. The molecule has 0 amide bonds. The van der Waals surface area contributed by atoms with E-state index in [0.717, 1.165) is 0 Å². The molecule has 5 nitrogen and oxygen atoms in total. The summed E-state index contributed by atoms with van der Waals surface area (Å²) in [7, 11) is 0. The first kappa shape index (κ1) is 11.3. The van der Waals surface area contributed by atoms with Crippen LogP contribution in [0.1, 0.15) is 6.92 Å². The highest BCUT2D eigenvalue weighted by atomic mass is 35.5. The third-order valence-electron chi connectivity index (χ3n) is 1.60. The van der Waals surface area contributed by atoms with Gasteiger partial charge in [-0.25, -0.2) is 4.98 Å². The number of hydrogen-bond donors (Lipinski definition) is 1. The predicted octanol–water partition coefficient (Wildman–Crippen LogP) is 2.08. The Morgan fingerprint density at radius 3 is 2.93 bits per heavy atom. The van der Waals surface area contributed by atoms with E-state index in [1.165, 1.54) is 12.1 Å². The Hall–Kier alpha value is -1.80. The number of nitrogens with zero attached hydrogens (tertiary/aromatic N) is 2. The second kappa shape index (κ2) is 4.62. The molecule has 1 aromatic rings. The Kier molecular flexibility index (Phi) is 3.47. The number of halogens is 1. The van der Waals surface area contributed by atoms with Gasteiger partial charge in [0.15, 0.2) is 0 Å². The third-order valence-corrected chi connectivity index (χ3v) is 1.80. The number of hydrogen-bond acceptors (Lipinski definition) is 4. The Labute approximate surface area is 91.6 Å². The Bertz CT molecular complexity index is 428.